The minimum Gasteiger partial charge on any atom is -0.344 e. The number of thiophene rings is 1. The molecule has 0 saturated carbocycles. The fraction of sp³-hybridized carbons (Fsp3) is 0.0909. The number of amides is 1. The van der Waals surface area contributed by atoms with Crippen LogP contribution in [0.25, 0.3) is 10.6 Å². The minimum atomic E-state index is -0.157. The van der Waals surface area contributed by atoms with Gasteiger partial charge in [-0.3, -0.25) is 4.79 Å². The van der Waals surface area contributed by atoms with Gasteiger partial charge in [-0.15, -0.1) is 22.7 Å². The molecule has 0 aliphatic rings. The monoisotopic (exact) mass is 424 g/mol. The van der Waals surface area contributed by atoms with Crippen molar-refractivity contribution >= 4 is 40.2 Å². The van der Waals surface area contributed by atoms with Crippen LogP contribution in [0.4, 0.5) is 0 Å². The molecule has 4 aromatic rings. The Morgan fingerprint density at radius 3 is 2.54 bits per heavy atom. The van der Waals surface area contributed by atoms with Gasteiger partial charge in [-0.1, -0.05) is 66.2 Å². The lowest BCUT2D eigenvalue weighted by Gasteiger charge is -2.18. The maximum absolute atomic E-state index is 12.7. The second kappa shape index (κ2) is 8.69. The lowest BCUT2D eigenvalue weighted by Crippen LogP contribution is -2.30. The first-order valence-electron chi connectivity index (χ1n) is 8.78. The molecule has 0 fully saturated rings. The molecule has 0 aliphatic heterocycles. The van der Waals surface area contributed by atoms with Crippen molar-refractivity contribution < 1.29 is 4.79 Å². The Kier molecular flexibility index (Phi) is 5.86. The number of thiazole rings is 1. The highest BCUT2D eigenvalue weighted by Crippen LogP contribution is 2.30. The maximum Gasteiger partial charge on any atom is 0.226 e. The Balaban J connectivity index is 1.50. The van der Waals surface area contributed by atoms with Crippen LogP contribution in [0.15, 0.2) is 77.5 Å². The molecule has 1 atom stereocenters. The Morgan fingerprint density at radius 2 is 1.79 bits per heavy atom. The number of nitrogens with one attached hydrogen (secondary N) is 1. The standard InChI is InChI=1S/C22H17ClN2OS2/c23-18-10-5-4-9-17(18)22-24-16(14-28-22)13-20(26)25-21(19-11-6-12-27-19)15-7-2-1-3-8-15/h1-12,14,21H,13H2,(H,25,26)/t21-/m1/s1. The van der Waals surface area contributed by atoms with Crippen LogP contribution in [-0.2, 0) is 11.2 Å². The molecular formula is C22H17ClN2OS2. The molecule has 0 bridgehead atoms. The summed E-state index contributed by atoms with van der Waals surface area (Å²) < 4.78 is 0. The van der Waals surface area contributed by atoms with Gasteiger partial charge < -0.3 is 5.32 Å². The molecule has 0 aliphatic carbocycles. The van der Waals surface area contributed by atoms with Crippen molar-refractivity contribution in [2.75, 3.05) is 0 Å². The zero-order valence-electron chi connectivity index (χ0n) is 14.8. The predicted molar refractivity (Wildman–Crippen MR) is 117 cm³/mol. The van der Waals surface area contributed by atoms with E-state index in [1.807, 2.05) is 77.5 Å². The largest absolute Gasteiger partial charge is 0.344 e. The van der Waals surface area contributed by atoms with Crippen LogP contribution in [0.1, 0.15) is 22.2 Å². The lowest BCUT2D eigenvalue weighted by atomic mass is 10.1. The van der Waals surface area contributed by atoms with Gasteiger partial charge in [0.2, 0.25) is 5.91 Å². The molecule has 2 aromatic carbocycles. The zero-order valence-corrected chi connectivity index (χ0v) is 17.2. The third kappa shape index (κ3) is 4.33. The average Bonchev–Trinajstić information content (AvgIpc) is 3.39. The molecule has 3 nitrogen and oxygen atoms in total. The molecule has 0 radical (unpaired) electrons. The highest BCUT2D eigenvalue weighted by Gasteiger charge is 2.19. The van der Waals surface area contributed by atoms with Gasteiger partial charge in [0.1, 0.15) is 5.01 Å². The number of hydrogen-bond donors (Lipinski definition) is 1. The van der Waals surface area contributed by atoms with Gasteiger partial charge in [-0.05, 0) is 23.1 Å². The number of halogens is 1. The molecule has 2 aromatic heterocycles. The first-order valence-corrected chi connectivity index (χ1v) is 10.9. The predicted octanol–water partition coefficient (Wildman–Crippen LogP) is 5.97. The quantitative estimate of drug-likeness (QED) is 0.414. The van der Waals surface area contributed by atoms with Crippen molar-refractivity contribution in [3.8, 4) is 10.6 Å². The number of nitrogens with zero attached hydrogens (tertiary/aromatic N) is 1. The van der Waals surface area contributed by atoms with Gasteiger partial charge in [-0.25, -0.2) is 4.98 Å². The molecule has 140 valence electrons. The normalized spacial score (nSPS) is 11.9. The highest BCUT2D eigenvalue weighted by atomic mass is 35.5. The van der Waals surface area contributed by atoms with Gasteiger partial charge in [0, 0.05) is 15.8 Å². The third-order valence-electron chi connectivity index (χ3n) is 4.26. The van der Waals surface area contributed by atoms with Crippen molar-refractivity contribution in [3.63, 3.8) is 0 Å². The van der Waals surface area contributed by atoms with Gasteiger partial charge in [-0.2, -0.15) is 0 Å². The minimum absolute atomic E-state index is 0.0572. The Labute approximate surface area is 176 Å². The van der Waals surface area contributed by atoms with Crippen LogP contribution >= 0.6 is 34.3 Å². The Bertz CT molecular complexity index is 1060. The molecule has 6 heteroatoms. The van der Waals surface area contributed by atoms with Crippen molar-refractivity contribution in [3.05, 3.63) is 98.6 Å². The Morgan fingerprint density at radius 1 is 1.00 bits per heavy atom. The molecule has 2 heterocycles. The number of rotatable bonds is 6. The van der Waals surface area contributed by atoms with Gasteiger partial charge in [0.25, 0.3) is 0 Å². The third-order valence-corrected chi connectivity index (χ3v) is 6.45. The molecule has 0 spiro atoms. The zero-order chi connectivity index (χ0) is 19.3. The fourth-order valence-corrected chi connectivity index (χ4v) is 4.89. The summed E-state index contributed by atoms with van der Waals surface area (Å²) in [6, 6.07) is 21.5. The van der Waals surface area contributed by atoms with E-state index >= 15 is 0 Å². The fourth-order valence-electron chi connectivity index (χ4n) is 2.94. The van der Waals surface area contributed by atoms with Crippen LogP contribution in [0, 0.1) is 0 Å². The number of carbonyl (C=O) groups excluding carboxylic acids is 1. The van der Waals surface area contributed by atoms with E-state index in [1.54, 1.807) is 11.3 Å². The molecular weight excluding hydrogens is 408 g/mol. The summed E-state index contributed by atoms with van der Waals surface area (Å²) in [5, 5.41) is 8.58. The average molecular weight is 425 g/mol. The number of hydrogen-bond acceptors (Lipinski definition) is 4. The van der Waals surface area contributed by atoms with Crippen LogP contribution in [0.5, 0.6) is 0 Å². The van der Waals surface area contributed by atoms with Crippen LogP contribution < -0.4 is 5.32 Å². The van der Waals surface area contributed by atoms with Gasteiger partial charge >= 0.3 is 0 Å². The van der Waals surface area contributed by atoms with E-state index in [4.69, 9.17) is 11.6 Å². The molecule has 0 unspecified atom stereocenters. The van der Waals surface area contributed by atoms with Crippen molar-refractivity contribution in [1.82, 2.24) is 10.3 Å². The van der Waals surface area contributed by atoms with Crippen LogP contribution in [0.2, 0.25) is 5.02 Å². The molecule has 4 rings (SSSR count). The van der Waals surface area contributed by atoms with E-state index in [1.165, 1.54) is 11.3 Å². The molecule has 1 amide bonds. The topological polar surface area (TPSA) is 42.0 Å². The summed E-state index contributed by atoms with van der Waals surface area (Å²) >= 11 is 9.39. The smallest absolute Gasteiger partial charge is 0.226 e. The second-order valence-electron chi connectivity index (χ2n) is 6.23. The van der Waals surface area contributed by atoms with E-state index in [9.17, 15) is 4.79 Å². The molecule has 28 heavy (non-hydrogen) atoms. The van der Waals surface area contributed by atoms with E-state index < -0.39 is 0 Å². The Hall–Kier alpha value is -2.47. The summed E-state index contributed by atoms with van der Waals surface area (Å²) in [6.07, 6.45) is 0.232. The molecule has 1 N–H and O–H groups in total. The number of aromatic nitrogens is 1. The highest BCUT2D eigenvalue weighted by molar-refractivity contribution is 7.13. The first-order chi connectivity index (χ1) is 13.7. The van der Waals surface area contributed by atoms with Crippen LogP contribution in [0.3, 0.4) is 0 Å². The van der Waals surface area contributed by atoms with Crippen molar-refractivity contribution in [2.45, 2.75) is 12.5 Å². The van der Waals surface area contributed by atoms with Crippen molar-refractivity contribution in [2.24, 2.45) is 0 Å². The van der Waals surface area contributed by atoms with Crippen molar-refractivity contribution in [1.29, 1.82) is 0 Å². The second-order valence-corrected chi connectivity index (χ2v) is 8.47. The summed E-state index contributed by atoms with van der Waals surface area (Å²) in [6.45, 7) is 0. The van der Waals surface area contributed by atoms with Crippen LogP contribution in [-0.4, -0.2) is 10.9 Å². The summed E-state index contributed by atoms with van der Waals surface area (Å²) in [5.74, 6) is -0.0572. The lowest BCUT2D eigenvalue weighted by molar-refractivity contribution is -0.120. The maximum atomic E-state index is 12.7. The molecule has 0 saturated heterocycles. The van der Waals surface area contributed by atoms with E-state index in [0.29, 0.717) is 5.02 Å². The number of carbonyl (C=O) groups is 1. The number of benzene rings is 2. The first kappa shape index (κ1) is 18.9. The SMILES string of the molecule is O=C(Cc1csc(-c2ccccc2Cl)n1)N[C@H](c1ccccc1)c1cccs1. The summed E-state index contributed by atoms with van der Waals surface area (Å²) in [4.78, 5) is 18.4. The van der Waals surface area contributed by atoms with Gasteiger partial charge in [0.05, 0.1) is 23.2 Å². The summed E-state index contributed by atoms with van der Waals surface area (Å²) in [7, 11) is 0. The summed E-state index contributed by atoms with van der Waals surface area (Å²) in [5.41, 5.74) is 2.70. The van der Waals surface area contributed by atoms with E-state index in [2.05, 4.69) is 10.3 Å². The van der Waals surface area contributed by atoms with E-state index in [-0.39, 0.29) is 18.4 Å². The van der Waals surface area contributed by atoms with Gasteiger partial charge in [0.15, 0.2) is 0 Å². The van der Waals surface area contributed by atoms with E-state index in [0.717, 1.165) is 26.7 Å².